The first-order chi connectivity index (χ1) is 9.61. The van der Waals surface area contributed by atoms with Crippen molar-refractivity contribution in [1.29, 1.82) is 5.26 Å². The second kappa shape index (κ2) is 6.75. The minimum atomic E-state index is -0.199. The number of hydrogen-bond donors (Lipinski definition) is 1. The lowest BCUT2D eigenvalue weighted by Gasteiger charge is -2.26. The molecule has 2 rings (SSSR count). The molecule has 1 aliphatic heterocycles. The lowest BCUT2D eigenvalue weighted by Crippen LogP contribution is -2.36. The summed E-state index contributed by atoms with van der Waals surface area (Å²) < 4.78 is 0.694. The van der Waals surface area contributed by atoms with Crippen molar-refractivity contribution in [1.82, 2.24) is 4.90 Å². The van der Waals surface area contributed by atoms with E-state index in [2.05, 4.69) is 0 Å². The fourth-order valence-corrected chi connectivity index (χ4v) is 2.73. The zero-order chi connectivity index (χ0) is 14.5. The second-order valence-corrected chi connectivity index (χ2v) is 5.90. The monoisotopic (exact) mass is 382 g/mol. The molecule has 0 aromatic heterocycles. The van der Waals surface area contributed by atoms with Crippen LogP contribution >= 0.6 is 22.6 Å². The molecule has 1 saturated heterocycles. The molecule has 1 fully saturated rings. The number of nitriles is 1. The summed E-state index contributed by atoms with van der Waals surface area (Å²) in [6.07, 6.45) is 4.73. The topological polar surface area (TPSA) is 64.3 Å². The van der Waals surface area contributed by atoms with E-state index < -0.39 is 0 Å². The average Bonchev–Trinajstić information content (AvgIpc) is 2.48. The smallest absolute Gasteiger partial charge is 0.264 e. The second-order valence-electron chi connectivity index (χ2n) is 4.73. The number of likely N-dealkylation sites (tertiary alicyclic amines) is 1. The quantitative estimate of drug-likeness (QED) is 0.486. The van der Waals surface area contributed by atoms with Gasteiger partial charge in [-0.05, 0) is 65.6 Å². The van der Waals surface area contributed by atoms with Gasteiger partial charge in [0.15, 0.2) is 0 Å². The first kappa shape index (κ1) is 14.9. The summed E-state index contributed by atoms with van der Waals surface area (Å²) in [6.45, 7) is 1.45. The van der Waals surface area contributed by atoms with E-state index in [1.807, 2.05) is 28.7 Å². The average molecular weight is 382 g/mol. The first-order valence-electron chi connectivity index (χ1n) is 6.51. The van der Waals surface area contributed by atoms with Crippen LogP contribution in [0.1, 0.15) is 24.8 Å². The van der Waals surface area contributed by atoms with Gasteiger partial charge >= 0.3 is 0 Å². The summed E-state index contributed by atoms with van der Waals surface area (Å²) in [7, 11) is 0. The SMILES string of the molecule is N#C/C(=C\c1ccc(O)c(I)c1)C(=O)N1CCCCC1. The summed E-state index contributed by atoms with van der Waals surface area (Å²) >= 11 is 2.01. The Bertz CT molecular complexity index is 584. The van der Waals surface area contributed by atoms with Gasteiger partial charge in [0.2, 0.25) is 0 Å². The molecule has 1 aliphatic rings. The molecule has 1 heterocycles. The van der Waals surface area contributed by atoms with Crippen LogP contribution in [-0.4, -0.2) is 29.0 Å². The largest absolute Gasteiger partial charge is 0.507 e. The standard InChI is InChI=1S/C15H15IN2O2/c16-13-9-11(4-5-14(13)19)8-12(10-17)15(20)18-6-2-1-3-7-18/h4-5,8-9,19H,1-3,6-7H2/b12-8+. The number of phenols is 1. The number of piperidine rings is 1. The molecule has 1 aromatic rings. The number of carbonyl (C=O) groups is 1. The van der Waals surface area contributed by atoms with Crippen LogP contribution in [0.15, 0.2) is 23.8 Å². The number of amides is 1. The van der Waals surface area contributed by atoms with Crippen molar-refractivity contribution >= 4 is 34.6 Å². The normalized spacial score (nSPS) is 15.8. The molecule has 4 nitrogen and oxygen atoms in total. The Morgan fingerprint density at radius 3 is 2.65 bits per heavy atom. The molecule has 0 bridgehead atoms. The van der Waals surface area contributed by atoms with E-state index in [-0.39, 0.29) is 17.2 Å². The highest BCUT2D eigenvalue weighted by Gasteiger charge is 2.20. The van der Waals surface area contributed by atoms with Gasteiger partial charge in [0.25, 0.3) is 5.91 Å². The van der Waals surface area contributed by atoms with Crippen molar-refractivity contribution in [2.75, 3.05) is 13.1 Å². The van der Waals surface area contributed by atoms with Gasteiger partial charge < -0.3 is 10.0 Å². The number of benzene rings is 1. The zero-order valence-electron chi connectivity index (χ0n) is 11.0. The van der Waals surface area contributed by atoms with E-state index in [9.17, 15) is 15.2 Å². The molecule has 5 heteroatoms. The van der Waals surface area contributed by atoms with Gasteiger partial charge in [0.1, 0.15) is 17.4 Å². The van der Waals surface area contributed by atoms with Gasteiger partial charge in [-0.25, -0.2) is 0 Å². The van der Waals surface area contributed by atoms with Crippen LogP contribution in [0.2, 0.25) is 0 Å². The number of aromatic hydroxyl groups is 1. The number of carbonyl (C=O) groups excluding carboxylic acids is 1. The fourth-order valence-electron chi connectivity index (χ4n) is 2.19. The van der Waals surface area contributed by atoms with Crippen molar-refractivity contribution in [3.05, 3.63) is 32.9 Å². The van der Waals surface area contributed by atoms with Crippen LogP contribution in [0, 0.1) is 14.9 Å². The maximum absolute atomic E-state index is 12.3. The Morgan fingerprint density at radius 2 is 2.05 bits per heavy atom. The highest BCUT2D eigenvalue weighted by Crippen LogP contribution is 2.22. The van der Waals surface area contributed by atoms with Crippen molar-refractivity contribution < 1.29 is 9.90 Å². The lowest BCUT2D eigenvalue weighted by atomic mass is 10.1. The Balaban J connectivity index is 2.22. The number of phenolic OH excluding ortho intramolecular Hbond substituents is 1. The summed E-state index contributed by atoms with van der Waals surface area (Å²) in [4.78, 5) is 14.0. The molecule has 0 spiro atoms. The van der Waals surface area contributed by atoms with Crippen LogP contribution in [-0.2, 0) is 4.79 Å². The van der Waals surface area contributed by atoms with Crippen LogP contribution in [0.25, 0.3) is 6.08 Å². The third-order valence-electron chi connectivity index (χ3n) is 3.28. The van der Waals surface area contributed by atoms with Gasteiger partial charge in [-0.15, -0.1) is 0 Å². The van der Waals surface area contributed by atoms with Crippen molar-refractivity contribution in [3.63, 3.8) is 0 Å². The third-order valence-corrected chi connectivity index (χ3v) is 4.14. The number of rotatable bonds is 2. The molecule has 1 amide bonds. The van der Waals surface area contributed by atoms with Gasteiger partial charge in [0.05, 0.1) is 3.57 Å². The Morgan fingerprint density at radius 1 is 1.35 bits per heavy atom. The zero-order valence-corrected chi connectivity index (χ0v) is 13.1. The summed E-state index contributed by atoms with van der Waals surface area (Å²) in [5.41, 5.74) is 0.891. The van der Waals surface area contributed by atoms with Crippen molar-refractivity contribution in [3.8, 4) is 11.8 Å². The molecule has 0 saturated carbocycles. The van der Waals surface area contributed by atoms with Gasteiger partial charge in [-0.1, -0.05) is 6.07 Å². The van der Waals surface area contributed by atoms with Crippen LogP contribution in [0.3, 0.4) is 0 Å². The Labute approximate surface area is 131 Å². The van der Waals surface area contributed by atoms with E-state index in [1.54, 1.807) is 29.2 Å². The van der Waals surface area contributed by atoms with Gasteiger partial charge in [0, 0.05) is 13.1 Å². The van der Waals surface area contributed by atoms with E-state index in [0.29, 0.717) is 3.57 Å². The van der Waals surface area contributed by atoms with E-state index in [1.165, 1.54) is 0 Å². The van der Waals surface area contributed by atoms with Crippen molar-refractivity contribution in [2.24, 2.45) is 0 Å². The Kier molecular flexibility index (Phi) is 5.01. The fraction of sp³-hybridized carbons (Fsp3) is 0.333. The number of halogens is 1. The third kappa shape index (κ3) is 3.51. The molecule has 1 aromatic carbocycles. The summed E-state index contributed by atoms with van der Waals surface area (Å²) in [6, 6.07) is 6.99. The maximum Gasteiger partial charge on any atom is 0.264 e. The molecule has 20 heavy (non-hydrogen) atoms. The predicted octanol–water partition coefficient (Wildman–Crippen LogP) is 2.92. The van der Waals surface area contributed by atoms with E-state index in [4.69, 9.17) is 0 Å². The first-order valence-corrected chi connectivity index (χ1v) is 7.59. The van der Waals surface area contributed by atoms with Gasteiger partial charge in [-0.2, -0.15) is 5.26 Å². The minimum absolute atomic E-state index is 0.147. The summed E-state index contributed by atoms with van der Waals surface area (Å²) in [5, 5.41) is 18.7. The maximum atomic E-state index is 12.3. The van der Waals surface area contributed by atoms with Crippen molar-refractivity contribution in [2.45, 2.75) is 19.3 Å². The summed E-state index contributed by atoms with van der Waals surface area (Å²) in [5.74, 6) is -0.00102. The molecule has 0 unspecified atom stereocenters. The van der Waals surface area contributed by atoms with Crippen LogP contribution in [0.4, 0.5) is 0 Å². The Hall–Kier alpha value is -1.55. The highest BCUT2D eigenvalue weighted by molar-refractivity contribution is 14.1. The van der Waals surface area contributed by atoms with Crippen LogP contribution < -0.4 is 0 Å². The predicted molar refractivity (Wildman–Crippen MR) is 84.8 cm³/mol. The molecular formula is C15H15IN2O2. The molecule has 0 radical (unpaired) electrons. The van der Waals surface area contributed by atoms with Crippen LogP contribution in [0.5, 0.6) is 5.75 Å². The molecule has 1 N–H and O–H groups in total. The number of nitrogens with zero attached hydrogens (tertiary/aromatic N) is 2. The molecule has 104 valence electrons. The molecule has 0 aliphatic carbocycles. The minimum Gasteiger partial charge on any atom is -0.507 e. The van der Waals surface area contributed by atoms with Gasteiger partial charge in [-0.3, -0.25) is 4.79 Å². The highest BCUT2D eigenvalue weighted by atomic mass is 127. The number of hydrogen-bond acceptors (Lipinski definition) is 3. The molecule has 0 atom stereocenters. The molecular weight excluding hydrogens is 367 g/mol. The van der Waals surface area contributed by atoms with E-state index in [0.717, 1.165) is 37.9 Å². The lowest BCUT2D eigenvalue weighted by molar-refractivity contribution is -0.127. The van der Waals surface area contributed by atoms with E-state index >= 15 is 0 Å².